The summed E-state index contributed by atoms with van der Waals surface area (Å²) >= 11 is 0. The number of rotatable bonds is 6. The summed E-state index contributed by atoms with van der Waals surface area (Å²) in [6.45, 7) is 6.16. The SMILES string of the molecule is CC(C)[C@H]1CC[C@H](C)C/C1=N/NC(=O)CNS(=O)(=O)c1ccccc1. The third-order valence-electron chi connectivity index (χ3n) is 4.56. The molecule has 1 aromatic rings. The fourth-order valence-corrected chi connectivity index (χ4v) is 4.11. The molecule has 1 aliphatic carbocycles. The molecule has 0 saturated heterocycles. The standard InChI is InChI=1S/C18H27N3O3S/c1-13(2)16-10-9-14(3)11-17(16)20-21-18(22)12-19-25(23,24)15-7-5-4-6-8-15/h4-8,13-14,16,19H,9-12H2,1-3H3,(H,21,22)/b20-17-/t14-,16+/m0/s1. The number of carbonyl (C=O) groups excluding carboxylic acids is 1. The Bertz CT molecular complexity index is 714. The molecule has 1 aromatic carbocycles. The predicted octanol–water partition coefficient (Wildman–Crippen LogP) is 2.53. The molecule has 1 saturated carbocycles. The minimum atomic E-state index is -3.69. The number of nitrogens with one attached hydrogen (secondary N) is 2. The van der Waals surface area contributed by atoms with Crippen LogP contribution in [0.15, 0.2) is 40.3 Å². The average Bonchev–Trinajstić information content (AvgIpc) is 2.59. The second-order valence-electron chi connectivity index (χ2n) is 7.01. The number of hydrogen-bond donors (Lipinski definition) is 2. The summed E-state index contributed by atoms with van der Waals surface area (Å²) in [6.07, 6.45) is 3.12. The van der Waals surface area contributed by atoms with Gasteiger partial charge in [0.2, 0.25) is 10.0 Å². The van der Waals surface area contributed by atoms with Crippen LogP contribution < -0.4 is 10.1 Å². The molecule has 6 nitrogen and oxygen atoms in total. The van der Waals surface area contributed by atoms with Gasteiger partial charge in [-0.1, -0.05) is 39.0 Å². The summed E-state index contributed by atoms with van der Waals surface area (Å²) in [5, 5.41) is 4.29. The van der Waals surface area contributed by atoms with Crippen LogP contribution in [0, 0.1) is 17.8 Å². The zero-order valence-electron chi connectivity index (χ0n) is 15.0. The van der Waals surface area contributed by atoms with Crippen LogP contribution in [0.1, 0.15) is 40.0 Å². The molecule has 0 aromatic heterocycles. The van der Waals surface area contributed by atoms with Crippen LogP contribution in [0.25, 0.3) is 0 Å². The van der Waals surface area contributed by atoms with Gasteiger partial charge in [-0.15, -0.1) is 0 Å². The van der Waals surface area contributed by atoms with Gasteiger partial charge < -0.3 is 0 Å². The lowest BCUT2D eigenvalue weighted by Crippen LogP contribution is -2.36. The number of hydrazone groups is 1. The number of hydrogen-bond acceptors (Lipinski definition) is 4. The lowest BCUT2D eigenvalue weighted by atomic mass is 9.76. The van der Waals surface area contributed by atoms with Gasteiger partial charge in [0.25, 0.3) is 5.91 Å². The van der Waals surface area contributed by atoms with Crippen molar-refractivity contribution in [2.45, 2.75) is 44.9 Å². The molecular weight excluding hydrogens is 338 g/mol. The van der Waals surface area contributed by atoms with Crippen molar-refractivity contribution in [2.75, 3.05) is 6.54 Å². The normalized spacial score (nSPS) is 23.0. The molecule has 0 heterocycles. The molecule has 0 bridgehead atoms. The summed E-state index contributed by atoms with van der Waals surface area (Å²) in [5.41, 5.74) is 3.51. The lowest BCUT2D eigenvalue weighted by Gasteiger charge is -2.30. The van der Waals surface area contributed by atoms with E-state index in [2.05, 4.69) is 36.0 Å². The molecule has 1 amide bonds. The first kappa shape index (κ1) is 19.6. The van der Waals surface area contributed by atoms with Crippen molar-refractivity contribution in [3.05, 3.63) is 30.3 Å². The van der Waals surface area contributed by atoms with Crippen LogP contribution in [0.3, 0.4) is 0 Å². The summed E-state index contributed by atoms with van der Waals surface area (Å²) < 4.78 is 26.5. The first-order chi connectivity index (χ1) is 11.8. The van der Waals surface area contributed by atoms with E-state index in [1.54, 1.807) is 18.2 Å². The summed E-state index contributed by atoms with van der Waals surface area (Å²) in [4.78, 5) is 12.1. The smallest absolute Gasteiger partial charge is 0.255 e. The molecule has 2 rings (SSSR count). The highest BCUT2D eigenvalue weighted by atomic mass is 32.2. The van der Waals surface area contributed by atoms with Gasteiger partial charge in [0.05, 0.1) is 11.4 Å². The van der Waals surface area contributed by atoms with Crippen molar-refractivity contribution in [1.82, 2.24) is 10.1 Å². The van der Waals surface area contributed by atoms with Gasteiger partial charge in [0.1, 0.15) is 0 Å². The van der Waals surface area contributed by atoms with E-state index >= 15 is 0 Å². The van der Waals surface area contributed by atoms with Crippen LogP contribution in [0.4, 0.5) is 0 Å². The molecule has 0 aliphatic heterocycles. The van der Waals surface area contributed by atoms with Gasteiger partial charge in [0, 0.05) is 11.6 Å². The van der Waals surface area contributed by atoms with E-state index in [9.17, 15) is 13.2 Å². The van der Waals surface area contributed by atoms with Crippen LogP contribution in [0.5, 0.6) is 0 Å². The molecule has 7 heteroatoms. The van der Waals surface area contributed by atoms with Crippen molar-refractivity contribution in [3.63, 3.8) is 0 Å². The first-order valence-corrected chi connectivity index (χ1v) is 10.2. The van der Waals surface area contributed by atoms with Crippen molar-refractivity contribution in [3.8, 4) is 0 Å². The molecule has 25 heavy (non-hydrogen) atoms. The number of sulfonamides is 1. The Kier molecular flexibility index (Phi) is 6.72. The maximum Gasteiger partial charge on any atom is 0.255 e. The van der Waals surface area contributed by atoms with Crippen LogP contribution >= 0.6 is 0 Å². The molecule has 1 fully saturated rings. The fraction of sp³-hybridized carbons (Fsp3) is 0.556. The fourth-order valence-electron chi connectivity index (χ4n) is 3.11. The lowest BCUT2D eigenvalue weighted by molar-refractivity contribution is -0.119. The first-order valence-electron chi connectivity index (χ1n) is 8.69. The molecule has 138 valence electrons. The van der Waals surface area contributed by atoms with Gasteiger partial charge in [-0.3, -0.25) is 4.79 Å². The Balaban J connectivity index is 1.93. The van der Waals surface area contributed by atoms with E-state index in [1.807, 2.05) is 0 Å². The highest BCUT2D eigenvalue weighted by Crippen LogP contribution is 2.31. The second kappa shape index (κ2) is 8.58. The Morgan fingerprint density at radius 2 is 1.92 bits per heavy atom. The summed E-state index contributed by atoms with van der Waals surface area (Å²) in [5.74, 6) is 0.937. The Labute approximate surface area is 150 Å². The van der Waals surface area contributed by atoms with Crippen LogP contribution in [0.2, 0.25) is 0 Å². The minimum Gasteiger partial charge on any atom is -0.272 e. The zero-order valence-corrected chi connectivity index (χ0v) is 15.8. The summed E-state index contributed by atoms with van der Waals surface area (Å²) in [7, 11) is -3.69. The van der Waals surface area contributed by atoms with Gasteiger partial charge >= 0.3 is 0 Å². The zero-order chi connectivity index (χ0) is 18.4. The van der Waals surface area contributed by atoms with Gasteiger partial charge in [-0.2, -0.15) is 5.10 Å². The number of nitrogens with zero attached hydrogens (tertiary/aromatic N) is 1. The predicted molar refractivity (Wildman–Crippen MR) is 98.6 cm³/mol. The Morgan fingerprint density at radius 1 is 1.24 bits per heavy atom. The van der Waals surface area contributed by atoms with E-state index in [4.69, 9.17) is 0 Å². The van der Waals surface area contributed by atoms with Crippen molar-refractivity contribution < 1.29 is 13.2 Å². The molecule has 0 unspecified atom stereocenters. The second-order valence-corrected chi connectivity index (χ2v) is 8.78. The van der Waals surface area contributed by atoms with E-state index in [0.717, 1.165) is 18.6 Å². The third kappa shape index (κ3) is 5.64. The quantitative estimate of drug-likeness (QED) is 0.759. The van der Waals surface area contributed by atoms with Crippen molar-refractivity contribution in [1.29, 1.82) is 0 Å². The number of carbonyl (C=O) groups is 1. The van der Waals surface area contributed by atoms with Crippen LogP contribution in [-0.2, 0) is 14.8 Å². The average molecular weight is 365 g/mol. The van der Waals surface area contributed by atoms with Gasteiger partial charge in [-0.25, -0.2) is 18.6 Å². The monoisotopic (exact) mass is 365 g/mol. The maximum atomic E-state index is 12.1. The Morgan fingerprint density at radius 3 is 2.56 bits per heavy atom. The molecule has 2 atom stereocenters. The summed E-state index contributed by atoms with van der Waals surface area (Å²) in [6, 6.07) is 7.97. The largest absolute Gasteiger partial charge is 0.272 e. The van der Waals surface area contributed by atoms with Gasteiger partial charge in [-0.05, 0) is 43.2 Å². The Hall–Kier alpha value is -1.73. The molecule has 0 spiro atoms. The van der Waals surface area contributed by atoms with Gasteiger partial charge in [0.15, 0.2) is 0 Å². The highest BCUT2D eigenvalue weighted by Gasteiger charge is 2.27. The van der Waals surface area contributed by atoms with E-state index in [0.29, 0.717) is 17.8 Å². The number of amides is 1. The van der Waals surface area contributed by atoms with E-state index in [1.165, 1.54) is 18.6 Å². The van der Waals surface area contributed by atoms with Crippen LogP contribution in [-0.4, -0.2) is 26.6 Å². The topological polar surface area (TPSA) is 87.6 Å². The van der Waals surface area contributed by atoms with Crippen molar-refractivity contribution >= 4 is 21.6 Å². The molecule has 1 aliphatic rings. The number of benzene rings is 1. The molecule has 0 radical (unpaired) electrons. The molecular formula is C18H27N3O3S. The highest BCUT2D eigenvalue weighted by molar-refractivity contribution is 7.89. The van der Waals surface area contributed by atoms with E-state index < -0.39 is 15.9 Å². The minimum absolute atomic E-state index is 0.134. The van der Waals surface area contributed by atoms with E-state index in [-0.39, 0.29) is 11.4 Å². The molecule has 2 N–H and O–H groups in total. The van der Waals surface area contributed by atoms with Crippen molar-refractivity contribution in [2.24, 2.45) is 22.9 Å². The third-order valence-corrected chi connectivity index (χ3v) is 5.98. The maximum absolute atomic E-state index is 12.1.